The fourth-order valence-electron chi connectivity index (χ4n) is 10.8. The highest BCUT2D eigenvalue weighted by Crippen LogP contribution is 2.60. The van der Waals surface area contributed by atoms with Crippen LogP contribution in [0.5, 0.6) is 0 Å². The highest BCUT2D eigenvalue weighted by atomic mass is 32.1. The zero-order valence-electron chi connectivity index (χ0n) is 30.2. The van der Waals surface area contributed by atoms with Gasteiger partial charge in [0.15, 0.2) is 0 Å². The van der Waals surface area contributed by atoms with Crippen LogP contribution in [-0.2, 0) is 10.8 Å². The van der Waals surface area contributed by atoms with Crippen LogP contribution in [0.3, 0.4) is 0 Å². The van der Waals surface area contributed by atoms with Crippen molar-refractivity contribution >= 4 is 53.3 Å². The van der Waals surface area contributed by atoms with Gasteiger partial charge in [-0.2, -0.15) is 0 Å². The van der Waals surface area contributed by atoms with E-state index in [9.17, 15) is 0 Å². The van der Waals surface area contributed by atoms with E-state index in [1.165, 1.54) is 124 Å². The molecule has 0 bridgehead atoms. The number of hydrogen-bond acceptors (Lipinski definition) is 1. The van der Waals surface area contributed by atoms with Gasteiger partial charge in [0.05, 0.1) is 11.0 Å². The highest BCUT2D eigenvalue weighted by molar-refractivity contribution is 7.25. The first-order valence-corrected chi connectivity index (χ1v) is 20.2. The molecular formula is C51H39NS. The van der Waals surface area contributed by atoms with Crippen molar-refractivity contribution in [3.05, 3.63) is 162 Å². The first-order chi connectivity index (χ1) is 26.0. The van der Waals surface area contributed by atoms with E-state index in [0.29, 0.717) is 0 Å². The van der Waals surface area contributed by atoms with Crippen molar-refractivity contribution in [1.29, 1.82) is 0 Å². The lowest BCUT2D eigenvalue weighted by atomic mass is 9.67. The third-order valence-corrected chi connectivity index (χ3v) is 14.5. The van der Waals surface area contributed by atoms with E-state index in [4.69, 9.17) is 0 Å². The van der Waals surface area contributed by atoms with Gasteiger partial charge in [0.25, 0.3) is 0 Å². The van der Waals surface area contributed by atoms with Gasteiger partial charge in [-0.1, -0.05) is 112 Å². The minimum atomic E-state index is -0.0857. The molecule has 0 atom stereocenters. The average molecular weight is 698 g/mol. The lowest BCUT2D eigenvalue weighted by Crippen LogP contribution is -2.28. The molecule has 0 saturated heterocycles. The van der Waals surface area contributed by atoms with Gasteiger partial charge in [0, 0.05) is 47.5 Å². The third-order valence-electron chi connectivity index (χ3n) is 13.4. The Bertz CT molecular complexity index is 3020. The highest BCUT2D eigenvalue weighted by Gasteiger charge is 2.46. The van der Waals surface area contributed by atoms with Crippen molar-refractivity contribution in [2.24, 2.45) is 0 Å². The Balaban J connectivity index is 0.994. The van der Waals surface area contributed by atoms with Crippen LogP contribution >= 0.6 is 11.3 Å². The van der Waals surface area contributed by atoms with E-state index in [0.717, 1.165) is 0 Å². The predicted molar refractivity (Wildman–Crippen MR) is 226 cm³/mol. The van der Waals surface area contributed by atoms with Crippen molar-refractivity contribution in [1.82, 2.24) is 4.57 Å². The quantitative estimate of drug-likeness (QED) is 0.169. The molecule has 0 radical (unpaired) electrons. The van der Waals surface area contributed by atoms with Crippen LogP contribution < -0.4 is 0 Å². The van der Waals surface area contributed by atoms with E-state index in [2.05, 4.69) is 158 Å². The van der Waals surface area contributed by atoms with E-state index >= 15 is 0 Å². The van der Waals surface area contributed by atoms with Gasteiger partial charge in [-0.25, -0.2) is 0 Å². The van der Waals surface area contributed by atoms with Gasteiger partial charge in [-0.15, -0.1) is 11.3 Å². The van der Waals surface area contributed by atoms with Gasteiger partial charge >= 0.3 is 0 Å². The molecule has 1 fully saturated rings. The van der Waals surface area contributed by atoms with Gasteiger partial charge in [0.1, 0.15) is 0 Å². The zero-order valence-corrected chi connectivity index (χ0v) is 31.0. The summed E-state index contributed by atoms with van der Waals surface area (Å²) in [6.07, 6.45) is 6.53. The largest absolute Gasteiger partial charge is 0.309 e. The maximum atomic E-state index is 2.63. The summed E-state index contributed by atoms with van der Waals surface area (Å²) in [4.78, 5) is 0. The van der Waals surface area contributed by atoms with Crippen LogP contribution in [0.1, 0.15) is 68.2 Å². The van der Waals surface area contributed by atoms with Crippen molar-refractivity contribution in [2.45, 2.75) is 56.8 Å². The molecule has 0 N–H and O–H groups in total. The standard InChI is InChI=1S/C51H39NS/c1-50(2)43-27-32(18-21-35(43)38-30-45-39(29-44(38)50)34-12-4-7-15-42(34)51(45)24-10-3-11-25-51)31-19-22-47-40(26-31)36-13-5-8-16-46(36)52(47)33-20-23-49-41(28-33)37-14-6-9-17-48(37)53-49/h4-9,12-23,26-30H,3,10-11,24-25H2,1-2H3. The summed E-state index contributed by atoms with van der Waals surface area (Å²) in [5.41, 5.74) is 18.2. The van der Waals surface area contributed by atoms with E-state index in [1.807, 2.05) is 11.3 Å². The number of nitrogens with zero attached hydrogens (tertiary/aromatic N) is 1. The Morgan fingerprint density at radius 2 is 1.11 bits per heavy atom. The Morgan fingerprint density at radius 3 is 2.02 bits per heavy atom. The second kappa shape index (κ2) is 10.6. The van der Waals surface area contributed by atoms with Crippen LogP contribution in [0.15, 0.2) is 140 Å². The van der Waals surface area contributed by atoms with E-state index in [1.54, 1.807) is 11.1 Å². The minimum absolute atomic E-state index is 0.0857. The Labute approximate surface area is 314 Å². The Kier molecular flexibility index (Phi) is 6.00. The molecule has 2 heterocycles. The topological polar surface area (TPSA) is 4.93 Å². The number of rotatable bonds is 2. The summed E-state index contributed by atoms with van der Waals surface area (Å²) in [5, 5.41) is 5.25. The molecule has 1 nitrogen and oxygen atoms in total. The fourth-order valence-corrected chi connectivity index (χ4v) is 11.9. The zero-order chi connectivity index (χ0) is 35.1. The van der Waals surface area contributed by atoms with Crippen molar-refractivity contribution in [2.75, 3.05) is 0 Å². The molecule has 12 rings (SSSR count). The van der Waals surface area contributed by atoms with E-state index < -0.39 is 0 Å². The third kappa shape index (κ3) is 3.97. The van der Waals surface area contributed by atoms with Gasteiger partial charge in [0.2, 0.25) is 0 Å². The molecule has 1 saturated carbocycles. The molecule has 0 unspecified atom stereocenters. The van der Waals surface area contributed by atoms with Gasteiger partial charge in [-0.3, -0.25) is 0 Å². The van der Waals surface area contributed by atoms with E-state index in [-0.39, 0.29) is 10.8 Å². The van der Waals surface area contributed by atoms with Crippen molar-refractivity contribution in [3.63, 3.8) is 0 Å². The average Bonchev–Trinajstić information content (AvgIpc) is 3.88. The number of para-hydroxylation sites is 1. The van der Waals surface area contributed by atoms with Crippen molar-refractivity contribution in [3.8, 4) is 39.1 Å². The molecule has 0 amide bonds. The summed E-state index contributed by atoms with van der Waals surface area (Å²) < 4.78 is 5.14. The summed E-state index contributed by atoms with van der Waals surface area (Å²) in [6.45, 7) is 4.88. The number of thiophene rings is 1. The molecule has 254 valence electrons. The summed E-state index contributed by atoms with van der Waals surface area (Å²) >= 11 is 1.88. The second-order valence-electron chi connectivity index (χ2n) is 16.4. The Hall–Kier alpha value is -5.44. The number of hydrogen-bond donors (Lipinski definition) is 0. The monoisotopic (exact) mass is 697 g/mol. The smallest absolute Gasteiger partial charge is 0.0541 e. The molecule has 3 aliphatic rings. The molecular weight excluding hydrogens is 659 g/mol. The molecule has 3 aliphatic carbocycles. The number of aromatic nitrogens is 1. The molecule has 9 aromatic rings. The minimum Gasteiger partial charge on any atom is -0.309 e. The van der Waals surface area contributed by atoms with Gasteiger partial charge < -0.3 is 4.57 Å². The molecule has 2 aromatic heterocycles. The maximum absolute atomic E-state index is 2.63. The molecule has 2 heteroatoms. The van der Waals surface area contributed by atoms with Crippen LogP contribution in [0, 0.1) is 0 Å². The fraction of sp³-hybridized carbons (Fsp3) is 0.176. The molecule has 1 spiro atoms. The second-order valence-corrected chi connectivity index (χ2v) is 17.5. The SMILES string of the molecule is CC1(C)c2cc(-c3ccc4c(c3)c3ccccc3n4-c3ccc4sc5ccccc5c4c3)ccc2-c2cc3c(cc21)-c1ccccc1C31CCCCC1. The number of fused-ring (bicyclic) bond motifs is 14. The lowest BCUT2D eigenvalue weighted by Gasteiger charge is -2.36. The van der Waals surface area contributed by atoms with Crippen LogP contribution in [-0.4, -0.2) is 4.57 Å². The van der Waals surface area contributed by atoms with Gasteiger partial charge in [-0.05, 0) is 129 Å². The number of benzene rings is 7. The Morgan fingerprint density at radius 1 is 0.453 bits per heavy atom. The molecule has 53 heavy (non-hydrogen) atoms. The maximum Gasteiger partial charge on any atom is 0.0541 e. The van der Waals surface area contributed by atoms with Crippen molar-refractivity contribution < 1.29 is 0 Å². The molecule has 7 aromatic carbocycles. The van der Waals surface area contributed by atoms with Crippen LogP contribution in [0.25, 0.3) is 81.0 Å². The summed E-state index contributed by atoms with van der Waals surface area (Å²) in [6, 6.07) is 53.6. The first kappa shape index (κ1) is 30.1. The van der Waals surface area contributed by atoms with Crippen LogP contribution in [0.4, 0.5) is 0 Å². The van der Waals surface area contributed by atoms with Crippen LogP contribution in [0.2, 0.25) is 0 Å². The predicted octanol–water partition coefficient (Wildman–Crippen LogP) is 14.4. The first-order valence-electron chi connectivity index (χ1n) is 19.4. The summed E-state index contributed by atoms with van der Waals surface area (Å²) in [5.74, 6) is 0. The summed E-state index contributed by atoms with van der Waals surface area (Å²) in [7, 11) is 0. The normalized spacial score (nSPS) is 16.4. The molecule has 0 aliphatic heterocycles. The lowest BCUT2D eigenvalue weighted by molar-refractivity contribution is 0.353.